The van der Waals surface area contributed by atoms with Crippen molar-refractivity contribution in [2.24, 2.45) is 0 Å². The van der Waals surface area contributed by atoms with Gasteiger partial charge in [-0.25, -0.2) is 0 Å². The summed E-state index contributed by atoms with van der Waals surface area (Å²) in [6.45, 7) is 1.48. The molecular formula is C16H17ClN2O4. The van der Waals surface area contributed by atoms with Gasteiger partial charge in [-0.3, -0.25) is 14.5 Å². The summed E-state index contributed by atoms with van der Waals surface area (Å²) in [5, 5.41) is 3.14. The molecule has 0 aliphatic rings. The third kappa shape index (κ3) is 4.50. The Labute approximate surface area is 139 Å². The van der Waals surface area contributed by atoms with E-state index in [2.05, 4.69) is 5.32 Å². The van der Waals surface area contributed by atoms with Crippen LogP contribution < -0.4 is 15.0 Å². The van der Waals surface area contributed by atoms with Crippen LogP contribution in [0, 0.1) is 0 Å². The van der Waals surface area contributed by atoms with E-state index in [1.807, 2.05) is 0 Å². The molecule has 0 radical (unpaired) electrons. The van der Waals surface area contributed by atoms with Crippen LogP contribution in [-0.4, -0.2) is 25.5 Å². The Morgan fingerprint density at radius 1 is 1.35 bits per heavy atom. The topological polar surface area (TPSA) is 71.8 Å². The van der Waals surface area contributed by atoms with Crippen molar-refractivity contribution < 1.29 is 18.7 Å². The van der Waals surface area contributed by atoms with Crippen molar-refractivity contribution in [3.8, 4) is 5.75 Å². The van der Waals surface area contributed by atoms with Gasteiger partial charge in [-0.05, 0) is 30.3 Å². The lowest BCUT2D eigenvalue weighted by Gasteiger charge is -2.23. The molecule has 0 aliphatic carbocycles. The normalized spacial score (nSPS) is 10.2. The van der Waals surface area contributed by atoms with Crippen molar-refractivity contribution in [1.82, 2.24) is 5.32 Å². The fraction of sp³-hybridized carbons (Fsp3) is 0.250. The van der Waals surface area contributed by atoms with Gasteiger partial charge in [0.15, 0.2) is 0 Å². The van der Waals surface area contributed by atoms with Crippen LogP contribution >= 0.6 is 11.6 Å². The van der Waals surface area contributed by atoms with Crippen LogP contribution in [0.4, 0.5) is 5.69 Å². The summed E-state index contributed by atoms with van der Waals surface area (Å²) in [4.78, 5) is 25.3. The van der Waals surface area contributed by atoms with Crippen molar-refractivity contribution in [2.45, 2.75) is 13.5 Å². The predicted octanol–water partition coefficient (Wildman–Crippen LogP) is 2.61. The van der Waals surface area contributed by atoms with Gasteiger partial charge in [0.2, 0.25) is 11.8 Å². The number of nitrogens with one attached hydrogen (secondary N) is 1. The fourth-order valence-electron chi connectivity index (χ4n) is 2.04. The Bertz CT molecular complexity index is 685. The minimum Gasteiger partial charge on any atom is -0.495 e. The molecule has 7 heteroatoms. The fourth-order valence-corrected chi connectivity index (χ4v) is 2.20. The first kappa shape index (κ1) is 16.9. The molecule has 23 heavy (non-hydrogen) atoms. The minimum absolute atomic E-state index is 0.146. The first-order valence-electron chi connectivity index (χ1n) is 6.92. The second-order valence-electron chi connectivity index (χ2n) is 4.78. The highest BCUT2D eigenvalue weighted by Crippen LogP contribution is 2.31. The number of hydrogen-bond donors (Lipinski definition) is 1. The lowest BCUT2D eigenvalue weighted by Crippen LogP contribution is -2.39. The van der Waals surface area contributed by atoms with Crippen molar-refractivity contribution in [1.29, 1.82) is 0 Å². The molecule has 122 valence electrons. The molecule has 1 N–H and O–H groups in total. The maximum atomic E-state index is 12.1. The van der Waals surface area contributed by atoms with Gasteiger partial charge in [-0.1, -0.05) is 11.6 Å². The summed E-state index contributed by atoms with van der Waals surface area (Å²) in [6, 6.07) is 8.37. The number of benzene rings is 1. The van der Waals surface area contributed by atoms with E-state index in [9.17, 15) is 9.59 Å². The summed E-state index contributed by atoms with van der Waals surface area (Å²) in [7, 11) is 1.49. The van der Waals surface area contributed by atoms with Gasteiger partial charge in [0, 0.05) is 11.9 Å². The number of anilines is 1. The van der Waals surface area contributed by atoms with Crippen molar-refractivity contribution in [2.75, 3.05) is 18.6 Å². The molecule has 0 atom stereocenters. The summed E-state index contributed by atoms with van der Waals surface area (Å²) >= 11 is 5.98. The lowest BCUT2D eigenvalue weighted by molar-refractivity contribution is -0.123. The van der Waals surface area contributed by atoms with Gasteiger partial charge < -0.3 is 14.5 Å². The monoisotopic (exact) mass is 336 g/mol. The first-order valence-corrected chi connectivity index (χ1v) is 7.29. The Kier molecular flexibility index (Phi) is 5.65. The average Bonchev–Trinajstić information content (AvgIpc) is 3.03. The molecule has 6 nitrogen and oxygen atoms in total. The van der Waals surface area contributed by atoms with Gasteiger partial charge in [0.05, 0.1) is 25.6 Å². The standard InChI is InChI=1S/C16H17ClN2O4/c1-11(20)19(14-8-12(17)5-6-15(14)22-2)10-16(21)18-9-13-4-3-7-23-13/h3-8H,9-10H2,1-2H3,(H,18,21). The maximum Gasteiger partial charge on any atom is 0.240 e. The number of hydrogen-bond acceptors (Lipinski definition) is 4. The molecule has 0 bridgehead atoms. The second kappa shape index (κ2) is 7.69. The van der Waals surface area contributed by atoms with Crippen molar-refractivity contribution >= 4 is 29.1 Å². The number of furan rings is 1. The summed E-state index contributed by atoms with van der Waals surface area (Å²) in [6.07, 6.45) is 1.53. The highest BCUT2D eigenvalue weighted by atomic mass is 35.5. The van der Waals surface area contributed by atoms with E-state index < -0.39 is 0 Å². The molecule has 0 spiro atoms. The molecule has 0 fully saturated rings. The van der Waals surface area contributed by atoms with Gasteiger partial charge in [-0.15, -0.1) is 0 Å². The van der Waals surface area contributed by atoms with Gasteiger partial charge in [-0.2, -0.15) is 0 Å². The van der Waals surface area contributed by atoms with E-state index in [0.29, 0.717) is 22.2 Å². The number of halogens is 1. The number of rotatable bonds is 6. The Morgan fingerprint density at radius 3 is 2.74 bits per heavy atom. The third-order valence-electron chi connectivity index (χ3n) is 3.15. The van der Waals surface area contributed by atoms with Gasteiger partial charge in [0.25, 0.3) is 0 Å². The van der Waals surface area contributed by atoms with Gasteiger partial charge in [0.1, 0.15) is 18.1 Å². The van der Waals surface area contributed by atoms with E-state index >= 15 is 0 Å². The highest BCUT2D eigenvalue weighted by molar-refractivity contribution is 6.31. The quantitative estimate of drug-likeness (QED) is 0.880. The zero-order chi connectivity index (χ0) is 16.8. The molecule has 0 saturated heterocycles. The number of nitrogens with zero attached hydrogens (tertiary/aromatic N) is 1. The predicted molar refractivity (Wildman–Crippen MR) is 86.6 cm³/mol. The number of carbonyl (C=O) groups is 2. The number of methoxy groups -OCH3 is 1. The first-order chi connectivity index (χ1) is 11.0. The minimum atomic E-state index is -0.321. The van der Waals surface area contributed by atoms with Crippen molar-refractivity contribution in [3.05, 3.63) is 47.4 Å². The molecule has 2 rings (SSSR count). The maximum absolute atomic E-state index is 12.1. The van der Waals surface area contributed by atoms with Gasteiger partial charge >= 0.3 is 0 Å². The Hall–Kier alpha value is -2.47. The van der Waals surface area contributed by atoms with Crippen LogP contribution in [0.15, 0.2) is 41.0 Å². The molecule has 1 aromatic carbocycles. The van der Waals surface area contributed by atoms with E-state index in [1.165, 1.54) is 25.2 Å². The van der Waals surface area contributed by atoms with E-state index in [1.54, 1.807) is 30.3 Å². The van der Waals surface area contributed by atoms with Crippen molar-refractivity contribution in [3.63, 3.8) is 0 Å². The molecular weight excluding hydrogens is 320 g/mol. The van der Waals surface area contributed by atoms with Crippen LogP contribution in [0.3, 0.4) is 0 Å². The smallest absolute Gasteiger partial charge is 0.240 e. The molecule has 2 aromatic rings. The van der Waals surface area contributed by atoms with Crippen LogP contribution in [0.25, 0.3) is 0 Å². The summed E-state index contributed by atoms with van der Waals surface area (Å²) < 4.78 is 10.4. The number of amides is 2. The van der Waals surface area contributed by atoms with Crippen LogP contribution in [0.1, 0.15) is 12.7 Å². The van der Waals surface area contributed by atoms with E-state index in [4.69, 9.17) is 20.8 Å². The molecule has 1 aromatic heterocycles. The molecule has 1 heterocycles. The van der Waals surface area contributed by atoms with E-state index in [0.717, 1.165) is 0 Å². The Morgan fingerprint density at radius 2 is 2.13 bits per heavy atom. The zero-order valence-corrected chi connectivity index (χ0v) is 13.6. The highest BCUT2D eigenvalue weighted by Gasteiger charge is 2.20. The van der Waals surface area contributed by atoms with Crippen LogP contribution in [-0.2, 0) is 16.1 Å². The number of carbonyl (C=O) groups excluding carboxylic acids is 2. The summed E-state index contributed by atoms with van der Waals surface area (Å²) in [5.74, 6) is 0.480. The molecule has 0 aliphatic heterocycles. The zero-order valence-electron chi connectivity index (χ0n) is 12.8. The molecule has 0 saturated carbocycles. The summed E-state index contributed by atoms with van der Waals surface area (Å²) in [5.41, 5.74) is 0.445. The molecule has 2 amide bonds. The SMILES string of the molecule is COc1ccc(Cl)cc1N(CC(=O)NCc1ccco1)C(C)=O. The Balaban J connectivity index is 2.11. The third-order valence-corrected chi connectivity index (χ3v) is 3.39. The molecule has 0 unspecified atom stereocenters. The second-order valence-corrected chi connectivity index (χ2v) is 5.21. The largest absolute Gasteiger partial charge is 0.495 e. The van der Waals surface area contributed by atoms with Crippen LogP contribution in [0.2, 0.25) is 5.02 Å². The lowest BCUT2D eigenvalue weighted by atomic mass is 10.2. The number of ether oxygens (including phenoxy) is 1. The van der Waals surface area contributed by atoms with Crippen LogP contribution in [0.5, 0.6) is 5.75 Å². The average molecular weight is 337 g/mol. The van der Waals surface area contributed by atoms with E-state index in [-0.39, 0.29) is 24.9 Å².